The van der Waals surface area contributed by atoms with Crippen molar-refractivity contribution in [2.75, 3.05) is 12.4 Å². The lowest BCUT2D eigenvalue weighted by Crippen LogP contribution is -2.91. The highest BCUT2D eigenvalue weighted by Gasteiger charge is 2.23. The van der Waals surface area contributed by atoms with Crippen molar-refractivity contribution in [3.05, 3.63) is 59.7 Å². The number of methoxy groups -OCH3 is 1. The third-order valence-electron chi connectivity index (χ3n) is 4.98. The van der Waals surface area contributed by atoms with Gasteiger partial charge in [-0.05, 0) is 49.9 Å². The Kier molecular flexibility index (Phi) is 7.22. The highest BCUT2D eigenvalue weighted by molar-refractivity contribution is 5.94. The molecule has 140 valence electrons. The number of carbonyl (C=O) groups excluding carboxylic acids is 1. The molecule has 0 heterocycles. The monoisotopic (exact) mass is 355 g/mol. The van der Waals surface area contributed by atoms with Crippen LogP contribution in [0.25, 0.3) is 0 Å². The van der Waals surface area contributed by atoms with E-state index < -0.39 is 0 Å². The first-order valence-corrected chi connectivity index (χ1v) is 9.35. The number of amides is 1. The molecule has 3 N–H and O–H groups in total. The van der Waals surface area contributed by atoms with Gasteiger partial charge in [-0.15, -0.1) is 0 Å². The first kappa shape index (κ1) is 20.0. The van der Waals surface area contributed by atoms with Gasteiger partial charge < -0.3 is 15.4 Å². The Morgan fingerprint density at radius 3 is 2.31 bits per heavy atom. The molecule has 0 aliphatic heterocycles. The lowest BCUT2D eigenvalue weighted by atomic mass is 9.97. The van der Waals surface area contributed by atoms with Crippen molar-refractivity contribution in [2.45, 2.75) is 52.1 Å². The van der Waals surface area contributed by atoms with Gasteiger partial charge in [-0.3, -0.25) is 4.79 Å². The molecular weight excluding hydrogens is 324 g/mol. The second-order valence-electron chi connectivity index (χ2n) is 6.90. The zero-order chi connectivity index (χ0) is 19.1. The molecule has 0 spiro atoms. The molecule has 0 radical (unpaired) electrons. The van der Waals surface area contributed by atoms with Crippen LogP contribution in [-0.4, -0.2) is 19.1 Å². The topological polar surface area (TPSA) is 54.9 Å². The standard InChI is InChI=1S/C22H30N2O2/c1-6-15(2)18-11-7-9-13-20(18)24-22(25)17(4)23-16(3)19-12-8-10-14-21(19)26-5/h7-17,23H,6H2,1-5H3,(H,24,25)/p+1/t15-,16+,17-/m1/s1. The Labute approximate surface area is 157 Å². The minimum atomic E-state index is -0.208. The fourth-order valence-corrected chi connectivity index (χ4v) is 3.17. The smallest absolute Gasteiger partial charge is 0.282 e. The molecule has 0 saturated heterocycles. The third-order valence-corrected chi connectivity index (χ3v) is 4.98. The molecule has 0 bridgehead atoms. The van der Waals surface area contributed by atoms with E-state index in [1.807, 2.05) is 49.4 Å². The van der Waals surface area contributed by atoms with Gasteiger partial charge >= 0.3 is 0 Å². The predicted molar refractivity (Wildman–Crippen MR) is 107 cm³/mol. The second kappa shape index (κ2) is 9.39. The number of carbonyl (C=O) groups is 1. The molecule has 0 aromatic heterocycles. The zero-order valence-corrected chi connectivity index (χ0v) is 16.5. The van der Waals surface area contributed by atoms with Gasteiger partial charge in [0.25, 0.3) is 5.91 Å². The van der Waals surface area contributed by atoms with Gasteiger partial charge in [-0.25, -0.2) is 0 Å². The molecular formula is C22H31N2O2+. The van der Waals surface area contributed by atoms with Crippen molar-refractivity contribution in [1.29, 1.82) is 0 Å². The molecule has 26 heavy (non-hydrogen) atoms. The maximum atomic E-state index is 12.7. The largest absolute Gasteiger partial charge is 0.496 e. The SMILES string of the molecule is CC[C@@H](C)c1ccccc1NC(=O)[C@@H](C)[NH2+][C@@H](C)c1ccccc1OC. The summed E-state index contributed by atoms with van der Waals surface area (Å²) in [6, 6.07) is 15.9. The molecule has 0 aliphatic rings. The van der Waals surface area contributed by atoms with Crippen LogP contribution in [0.5, 0.6) is 5.75 Å². The van der Waals surface area contributed by atoms with Crippen LogP contribution < -0.4 is 15.4 Å². The highest BCUT2D eigenvalue weighted by Crippen LogP contribution is 2.26. The van der Waals surface area contributed by atoms with Gasteiger partial charge in [0, 0.05) is 5.69 Å². The van der Waals surface area contributed by atoms with Gasteiger partial charge in [0.05, 0.1) is 12.7 Å². The Bertz CT molecular complexity index is 730. The molecule has 2 aromatic carbocycles. The summed E-state index contributed by atoms with van der Waals surface area (Å²) >= 11 is 0. The van der Waals surface area contributed by atoms with Crippen LogP contribution >= 0.6 is 0 Å². The summed E-state index contributed by atoms with van der Waals surface area (Å²) in [6.07, 6.45) is 1.04. The van der Waals surface area contributed by atoms with E-state index in [0.717, 1.165) is 23.4 Å². The van der Waals surface area contributed by atoms with E-state index in [2.05, 4.69) is 37.5 Å². The number of rotatable bonds is 8. The van der Waals surface area contributed by atoms with Crippen molar-refractivity contribution in [3.63, 3.8) is 0 Å². The number of nitrogens with two attached hydrogens (primary N) is 1. The van der Waals surface area contributed by atoms with Crippen LogP contribution in [0.1, 0.15) is 57.2 Å². The number of ether oxygens (including phenoxy) is 1. The number of anilines is 1. The lowest BCUT2D eigenvalue weighted by Gasteiger charge is -2.20. The average molecular weight is 356 g/mol. The van der Waals surface area contributed by atoms with Crippen LogP contribution in [0, 0.1) is 0 Å². The van der Waals surface area contributed by atoms with Crippen molar-refractivity contribution < 1.29 is 14.8 Å². The highest BCUT2D eigenvalue weighted by atomic mass is 16.5. The number of nitrogens with one attached hydrogen (secondary N) is 1. The molecule has 0 unspecified atom stereocenters. The molecule has 1 amide bonds. The normalized spacial score (nSPS) is 14.3. The van der Waals surface area contributed by atoms with E-state index in [1.54, 1.807) is 7.11 Å². The zero-order valence-electron chi connectivity index (χ0n) is 16.5. The van der Waals surface area contributed by atoms with Gasteiger partial charge in [0.2, 0.25) is 0 Å². The summed E-state index contributed by atoms with van der Waals surface area (Å²) in [7, 11) is 1.67. The van der Waals surface area contributed by atoms with E-state index in [9.17, 15) is 4.79 Å². The molecule has 4 heteroatoms. The summed E-state index contributed by atoms with van der Waals surface area (Å²) in [5.41, 5.74) is 3.19. The van der Waals surface area contributed by atoms with Crippen molar-refractivity contribution in [2.24, 2.45) is 0 Å². The number of hydrogen-bond acceptors (Lipinski definition) is 2. The first-order chi connectivity index (χ1) is 12.5. The molecule has 2 rings (SSSR count). The summed E-state index contributed by atoms with van der Waals surface area (Å²) in [4.78, 5) is 12.7. The second-order valence-corrected chi connectivity index (χ2v) is 6.90. The number of quaternary nitrogens is 1. The molecule has 0 aliphatic carbocycles. The molecule has 3 atom stereocenters. The number of para-hydroxylation sites is 2. The van der Waals surface area contributed by atoms with Crippen LogP contribution in [0.3, 0.4) is 0 Å². The number of benzene rings is 2. The van der Waals surface area contributed by atoms with Crippen LogP contribution in [-0.2, 0) is 4.79 Å². The predicted octanol–water partition coefficient (Wildman–Crippen LogP) is 3.86. The maximum absolute atomic E-state index is 12.7. The minimum absolute atomic E-state index is 0.0162. The fourth-order valence-electron chi connectivity index (χ4n) is 3.17. The molecule has 0 saturated carbocycles. The summed E-state index contributed by atoms with van der Waals surface area (Å²) in [5, 5.41) is 5.18. The van der Waals surface area contributed by atoms with E-state index in [1.165, 1.54) is 5.56 Å². The van der Waals surface area contributed by atoms with Crippen LogP contribution in [0.4, 0.5) is 5.69 Å². The van der Waals surface area contributed by atoms with Crippen molar-refractivity contribution in [3.8, 4) is 5.75 Å². The van der Waals surface area contributed by atoms with E-state index >= 15 is 0 Å². The first-order valence-electron chi connectivity index (χ1n) is 9.35. The lowest BCUT2D eigenvalue weighted by molar-refractivity contribution is -0.709. The van der Waals surface area contributed by atoms with Gasteiger partial charge in [-0.1, -0.05) is 44.2 Å². The fraction of sp³-hybridized carbons (Fsp3) is 0.409. The summed E-state index contributed by atoms with van der Waals surface area (Å²) in [6.45, 7) is 8.38. The van der Waals surface area contributed by atoms with E-state index in [0.29, 0.717) is 5.92 Å². The van der Waals surface area contributed by atoms with Crippen LogP contribution in [0.15, 0.2) is 48.5 Å². The summed E-state index contributed by atoms with van der Waals surface area (Å²) in [5.74, 6) is 1.28. The van der Waals surface area contributed by atoms with Crippen molar-refractivity contribution >= 4 is 11.6 Å². The van der Waals surface area contributed by atoms with E-state index in [-0.39, 0.29) is 18.0 Å². The quantitative estimate of drug-likeness (QED) is 0.755. The van der Waals surface area contributed by atoms with Gasteiger partial charge in [0.15, 0.2) is 6.04 Å². The Morgan fingerprint density at radius 2 is 1.65 bits per heavy atom. The number of hydrogen-bond donors (Lipinski definition) is 2. The van der Waals surface area contributed by atoms with E-state index in [4.69, 9.17) is 4.74 Å². The van der Waals surface area contributed by atoms with Gasteiger partial charge in [-0.2, -0.15) is 0 Å². The Morgan fingerprint density at radius 1 is 1.04 bits per heavy atom. The Balaban J connectivity index is 2.06. The molecule has 2 aromatic rings. The van der Waals surface area contributed by atoms with Crippen molar-refractivity contribution in [1.82, 2.24) is 0 Å². The third kappa shape index (κ3) is 4.85. The summed E-state index contributed by atoms with van der Waals surface area (Å²) < 4.78 is 5.44. The minimum Gasteiger partial charge on any atom is -0.496 e. The Hall–Kier alpha value is -2.33. The molecule has 0 fully saturated rings. The van der Waals surface area contributed by atoms with Crippen LogP contribution in [0.2, 0.25) is 0 Å². The van der Waals surface area contributed by atoms with Gasteiger partial charge in [0.1, 0.15) is 11.8 Å². The maximum Gasteiger partial charge on any atom is 0.282 e. The molecule has 4 nitrogen and oxygen atoms in total. The average Bonchev–Trinajstić information content (AvgIpc) is 2.67.